The van der Waals surface area contributed by atoms with Crippen molar-refractivity contribution in [3.8, 4) is 0 Å². The Kier molecular flexibility index (Phi) is 4.44. The summed E-state index contributed by atoms with van der Waals surface area (Å²) < 4.78 is 1.71. The molecule has 5 heteroatoms. The van der Waals surface area contributed by atoms with Gasteiger partial charge in [-0.15, -0.1) is 0 Å². The summed E-state index contributed by atoms with van der Waals surface area (Å²) in [7, 11) is 0. The van der Waals surface area contributed by atoms with Crippen LogP contribution >= 0.6 is 11.6 Å². The van der Waals surface area contributed by atoms with Crippen LogP contribution in [0.25, 0.3) is 0 Å². The van der Waals surface area contributed by atoms with Gasteiger partial charge in [-0.05, 0) is 24.6 Å². The summed E-state index contributed by atoms with van der Waals surface area (Å²) in [5.74, 6) is 0.144. The topological polar surface area (TPSA) is 46.9 Å². The first-order valence-corrected chi connectivity index (χ1v) is 7.64. The first kappa shape index (κ1) is 15.3. The van der Waals surface area contributed by atoms with Crippen LogP contribution in [0, 0.1) is 6.92 Å². The average Bonchev–Trinajstić information content (AvgIpc) is 2.88. The number of halogens is 1. The average molecular weight is 326 g/mol. The zero-order chi connectivity index (χ0) is 16.2. The van der Waals surface area contributed by atoms with Gasteiger partial charge in [0.25, 0.3) is 5.91 Å². The van der Waals surface area contributed by atoms with E-state index in [1.165, 1.54) is 0 Å². The molecule has 0 aliphatic carbocycles. The maximum absolute atomic E-state index is 12.2. The molecule has 0 fully saturated rings. The highest BCUT2D eigenvalue weighted by molar-refractivity contribution is 6.33. The molecule has 0 saturated heterocycles. The van der Waals surface area contributed by atoms with Crippen LogP contribution in [0.3, 0.4) is 0 Å². The lowest BCUT2D eigenvalue weighted by Crippen LogP contribution is -2.13. The van der Waals surface area contributed by atoms with Crippen LogP contribution < -0.4 is 5.32 Å². The molecule has 0 radical (unpaired) electrons. The number of nitrogens with one attached hydrogen (secondary N) is 1. The summed E-state index contributed by atoms with van der Waals surface area (Å²) in [5, 5.41) is 7.51. The maximum Gasteiger partial charge on any atom is 0.256 e. The molecule has 1 amide bonds. The van der Waals surface area contributed by atoms with Crippen molar-refractivity contribution in [3.63, 3.8) is 0 Å². The van der Waals surface area contributed by atoms with Gasteiger partial charge in [0.15, 0.2) is 5.82 Å². The quantitative estimate of drug-likeness (QED) is 0.783. The highest BCUT2D eigenvalue weighted by atomic mass is 35.5. The van der Waals surface area contributed by atoms with E-state index in [4.69, 9.17) is 11.6 Å². The first-order valence-electron chi connectivity index (χ1n) is 7.27. The van der Waals surface area contributed by atoms with Gasteiger partial charge in [-0.2, -0.15) is 5.10 Å². The van der Waals surface area contributed by atoms with Crippen molar-refractivity contribution in [2.75, 3.05) is 5.32 Å². The molecule has 2 aromatic carbocycles. The smallest absolute Gasteiger partial charge is 0.256 e. The van der Waals surface area contributed by atoms with E-state index < -0.39 is 0 Å². The molecular formula is C18H16ClN3O. The number of carbonyl (C=O) groups is 1. The Labute approximate surface area is 139 Å². The standard InChI is InChI=1S/C18H16ClN3O/c1-13-7-9-15(10-8-13)18(23)20-17-16(19)12-22(21-17)11-14-5-3-2-4-6-14/h2-10,12H,11H2,1H3,(H,20,21,23). The van der Waals surface area contributed by atoms with E-state index in [0.717, 1.165) is 11.1 Å². The SMILES string of the molecule is Cc1ccc(C(=O)Nc2nn(Cc3ccccc3)cc2Cl)cc1. The van der Waals surface area contributed by atoms with Crippen molar-refractivity contribution in [1.82, 2.24) is 9.78 Å². The van der Waals surface area contributed by atoms with Gasteiger partial charge in [-0.3, -0.25) is 9.48 Å². The summed E-state index contributed by atoms with van der Waals surface area (Å²) >= 11 is 6.17. The second-order valence-corrected chi connectivity index (χ2v) is 5.74. The highest BCUT2D eigenvalue weighted by Crippen LogP contribution is 2.21. The third-order valence-corrected chi connectivity index (χ3v) is 3.73. The molecule has 1 N–H and O–H groups in total. The molecule has 116 valence electrons. The molecule has 0 unspecified atom stereocenters. The number of hydrogen-bond donors (Lipinski definition) is 1. The van der Waals surface area contributed by atoms with E-state index >= 15 is 0 Å². The van der Waals surface area contributed by atoms with Gasteiger partial charge in [0.05, 0.1) is 6.54 Å². The van der Waals surface area contributed by atoms with Gasteiger partial charge in [0, 0.05) is 11.8 Å². The minimum atomic E-state index is -0.225. The Morgan fingerprint density at radius 1 is 1.13 bits per heavy atom. The van der Waals surface area contributed by atoms with Crippen molar-refractivity contribution in [2.45, 2.75) is 13.5 Å². The van der Waals surface area contributed by atoms with Crippen LogP contribution in [0.4, 0.5) is 5.82 Å². The number of aromatic nitrogens is 2. The Bertz CT molecular complexity index is 810. The van der Waals surface area contributed by atoms with Crippen molar-refractivity contribution in [1.29, 1.82) is 0 Å². The van der Waals surface area contributed by atoms with E-state index in [2.05, 4.69) is 10.4 Å². The van der Waals surface area contributed by atoms with Crippen LogP contribution in [-0.2, 0) is 6.54 Å². The molecule has 1 heterocycles. The molecule has 4 nitrogen and oxygen atoms in total. The van der Waals surface area contributed by atoms with E-state index in [1.807, 2.05) is 49.4 Å². The van der Waals surface area contributed by atoms with E-state index in [-0.39, 0.29) is 5.91 Å². The summed E-state index contributed by atoms with van der Waals surface area (Å²) in [6.45, 7) is 2.57. The van der Waals surface area contributed by atoms with E-state index in [0.29, 0.717) is 22.9 Å². The van der Waals surface area contributed by atoms with Crippen molar-refractivity contribution in [2.24, 2.45) is 0 Å². The predicted molar refractivity (Wildman–Crippen MR) is 91.9 cm³/mol. The lowest BCUT2D eigenvalue weighted by molar-refractivity contribution is 0.102. The van der Waals surface area contributed by atoms with Crippen LogP contribution in [0.2, 0.25) is 5.02 Å². The van der Waals surface area contributed by atoms with Crippen LogP contribution in [0.1, 0.15) is 21.5 Å². The number of amides is 1. The van der Waals surface area contributed by atoms with E-state index in [9.17, 15) is 4.79 Å². The van der Waals surface area contributed by atoms with Gasteiger partial charge in [0.1, 0.15) is 5.02 Å². The third-order valence-electron chi connectivity index (χ3n) is 3.45. The minimum absolute atomic E-state index is 0.225. The van der Waals surface area contributed by atoms with Gasteiger partial charge < -0.3 is 5.32 Å². The second-order valence-electron chi connectivity index (χ2n) is 5.33. The molecule has 3 rings (SSSR count). The Balaban J connectivity index is 1.73. The molecule has 0 bridgehead atoms. The summed E-state index contributed by atoms with van der Waals surface area (Å²) in [6.07, 6.45) is 1.71. The number of anilines is 1. The largest absolute Gasteiger partial charge is 0.304 e. The van der Waals surface area contributed by atoms with Gasteiger partial charge in [-0.1, -0.05) is 59.6 Å². The molecule has 0 aliphatic heterocycles. The summed E-state index contributed by atoms with van der Waals surface area (Å²) in [6, 6.07) is 17.3. The molecule has 0 spiro atoms. The van der Waals surface area contributed by atoms with Crippen molar-refractivity contribution in [3.05, 3.63) is 82.5 Å². The first-order chi connectivity index (χ1) is 11.1. The molecule has 1 aromatic heterocycles. The molecule has 0 aliphatic rings. The van der Waals surface area contributed by atoms with Crippen LogP contribution in [-0.4, -0.2) is 15.7 Å². The Hall–Kier alpha value is -2.59. The molecular weight excluding hydrogens is 310 g/mol. The molecule has 3 aromatic rings. The monoisotopic (exact) mass is 325 g/mol. The van der Waals surface area contributed by atoms with Gasteiger partial charge >= 0.3 is 0 Å². The lowest BCUT2D eigenvalue weighted by atomic mass is 10.1. The van der Waals surface area contributed by atoms with Crippen LogP contribution in [0.15, 0.2) is 60.8 Å². The van der Waals surface area contributed by atoms with Gasteiger partial charge in [0.2, 0.25) is 0 Å². The zero-order valence-electron chi connectivity index (χ0n) is 12.7. The van der Waals surface area contributed by atoms with E-state index in [1.54, 1.807) is 23.0 Å². The molecule has 23 heavy (non-hydrogen) atoms. The predicted octanol–water partition coefficient (Wildman–Crippen LogP) is 4.15. The second kappa shape index (κ2) is 6.67. The number of nitrogens with zero attached hydrogens (tertiary/aromatic N) is 2. The van der Waals surface area contributed by atoms with Crippen molar-refractivity contribution >= 4 is 23.3 Å². The Morgan fingerprint density at radius 3 is 2.52 bits per heavy atom. The fourth-order valence-electron chi connectivity index (χ4n) is 2.22. The fraction of sp³-hybridized carbons (Fsp3) is 0.111. The fourth-order valence-corrected chi connectivity index (χ4v) is 2.42. The minimum Gasteiger partial charge on any atom is -0.304 e. The number of benzene rings is 2. The Morgan fingerprint density at radius 2 is 1.83 bits per heavy atom. The normalized spacial score (nSPS) is 10.5. The molecule has 0 saturated carbocycles. The van der Waals surface area contributed by atoms with Crippen LogP contribution in [0.5, 0.6) is 0 Å². The number of carbonyl (C=O) groups excluding carboxylic acids is 1. The number of rotatable bonds is 4. The summed E-state index contributed by atoms with van der Waals surface area (Å²) in [5.41, 5.74) is 2.79. The maximum atomic E-state index is 12.2. The van der Waals surface area contributed by atoms with Crippen molar-refractivity contribution < 1.29 is 4.79 Å². The molecule has 0 atom stereocenters. The third kappa shape index (κ3) is 3.79. The number of hydrogen-bond acceptors (Lipinski definition) is 2. The zero-order valence-corrected chi connectivity index (χ0v) is 13.4. The lowest BCUT2D eigenvalue weighted by Gasteiger charge is -2.03. The number of aryl methyl sites for hydroxylation is 1. The highest BCUT2D eigenvalue weighted by Gasteiger charge is 2.12. The summed E-state index contributed by atoms with van der Waals surface area (Å²) in [4.78, 5) is 12.2. The van der Waals surface area contributed by atoms with Gasteiger partial charge in [-0.25, -0.2) is 0 Å².